The van der Waals surface area contributed by atoms with Gasteiger partial charge in [-0.15, -0.1) is 0 Å². The average Bonchev–Trinajstić information content (AvgIpc) is 2.53. The first-order valence-electron chi connectivity index (χ1n) is 10.2. The Hall–Kier alpha value is 0.310. The Labute approximate surface area is 147 Å². The second-order valence-corrected chi connectivity index (χ2v) is 7.26. The van der Waals surface area contributed by atoms with Gasteiger partial charge in [-0.25, -0.2) is 0 Å². The highest BCUT2D eigenvalue weighted by atomic mass is 32.1. The molecule has 0 aliphatic heterocycles. The van der Waals surface area contributed by atoms with Gasteiger partial charge in [-0.1, -0.05) is 78.1 Å². The smallest absolute Gasteiger partial charge is 0.00184 e. The maximum Gasteiger partial charge on any atom is -0.00184 e. The molecule has 0 saturated carbocycles. The van der Waals surface area contributed by atoms with E-state index in [4.69, 9.17) is 0 Å². The Bertz CT molecular complexity index is 180. The van der Waals surface area contributed by atoms with E-state index in [-0.39, 0.29) is 0 Å². The van der Waals surface area contributed by atoms with Crippen LogP contribution in [0.3, 0.4) is 0 Å². The van der Waals surface area contributed by atoms with Crippen LogP contribution in [-0.2, 0) is 0 Å². The molecule has 0 saturated heterocycles. The van der Waals surface area contributed by atoms with Gasteiger partial charge in [0.25, 0.3) is 0 Å². The van der Waals surface area contributed by atoms with Crippen LogP contribution in [0.15, 0.2) is 0 Å². The van der Waals surface area contributed by atoms with Crippen LogP contribution in [0.5, 0.6) is 0 Å². The number of hydrogen-bond acceptors (Lipinski definition) is 2. The predicted octanol–water partition coefficient (Wildman–Crippen LogP) is 6.72. The van der Waals surface area contributed by atoms with Crippen LogP contribution in [0.25, 0.3) is 0 Å². The molecule has 2 heteroatoms. The first-order valence-corrected chi connectivity index (χ1v) is 10.8. The SMILES string of the molecule is CCCCCCCCN(CCCCS)CCCCCCCC. The Morgan fingerprint density at radius 2 is 0.864 bits per heavy atom. The van der Waals surface area contributed by atoms with Crippen molar-refractivity contribution in [3.63, 3.8) is 0 Å². The minimum Gasteiger partial charge on any atom is -0.303 e. The monoisotopic (exact) mass is 329 g/mol. The van der Waals surface area contributed by atoms with E-state index >= 15 is 0 Å². The number of unbranched alkanes of at least 4 members (excludes halogenated alkanes) is 11. The predicted molar refractivity (Wildman–Crippen MR) is 106 cm³/mol. The molecule has 0 aliphatic carbocycles. The summed E-state index contributed by atoms with van der Waals surface area (Å²) in [7, 11) is 0. The van der Waals surface area contributed by atoms with Gasteiger partial charge in [-0.2, -0.15) is 12.6 Å². The third kappa shape index (κ3) is 16.7. The molecule has 0 heterocycles. The second kappa shape index (κ2) is 19.4. The number of rotatable bonds is 18. The van der Waals surface area contributed by atoms with E-state index in [1.165, 1.54) is 110 Å². The standard InChI is InChI=1S/C20H43NS/c1-3-5-7-9-11-13-17-21(19-15-16-20-22)18-14-12-10-8-6-4-2/h22H,3-20H2,1-2H3. The molecule has 0 spiro atoms. The normalized spacial score (nSPS) is 11.5. The molecular formula is C20H43NS. The van der Waals surface area contributed by atoms with E-state index in [9.17, 15) is 0 Å². The van der Waals surface area contributed by atoms with Crippen LogP contribution in [0.2, 0.25) is 0 Å². The molecule has 0 atom stereocenters. The summed E-state index contributed by atoms with van der Waals surface area (Å²) in [5.74, 6) is 1.04. The summed E-state index contributed by atoms with van der Waals surface area (Å²) >= 11 is 4.34. The van der Waals surface area contributed by atoms with E-state index in [1.807, 2.05) is 0 Å². The zero-order valence-electron chi connectivity index (χ0n) is 15.6. The zero-order valence-corrected chi connectivity index (χ0v) is 16.5. The summed E-state index contributed by atoms with van der Waals surface area (Å²) in [6.45, 7) is 8.54. The summed E-state index contributed by atoms with van der Waals surface area (Å²) in [5, 5.41) is 0. The maximum atomic E-state index is 4.34. The van der Waals surface area contributed by atoms with E-state index in [0.717, 1.165) is 5.75 Å². The average molecular weight is 330 g/mol. The molecule has 0 aromatic rings. The van der Waals surface area contributed by atoms with Gasteiger partial charge in [-0.05, 0) is 51.1 Å². The van der Waals surface area contributed by atoms with Crippen molar-refractivity contribution < 1.29 is 0 Å². The van der Waals surface area contributed by atoms with Crippen LogP contribution >= 0.6 is 12.6 Å². The van der Waals surface area contributed by atoms with Crippen molar-refractivity contribution in [2.24, 2.45) is 0 Å². The second-order valence-electron chi connectivity index (χ2n) is 6.81. The lowest BCUT2D eigenvalue weighted by atomic mass is 10.1. The van der Waals surface area contributed by atoms with Crippen molar-refractivity contribution >= 4 is 12.6 Å². The highest BCUT2D eigenvalue weighted by Gasteiger charge is 2.04. The molecule has 0 bridgehead atoms. The lowest BCUT2D eigenvalue weighted by molar-refractivity contribution is 0.256. The molecule has 0 aliphatic rings. The molecule has 0 fully saturated rings. The molecule has 22 heavy (non-hydrogen) atoms. The van der Waals surface area contributed by atoms with Gasteiger partial charge in [0.1, 0.15) is 0 Å². The molecule has 0 radical (unpaired) electrons. The minimum absolute atomic E-state index is 1.04. The van der Waals surface area contributed by atoms with Gasteiger partial charge in [0.2, 0.25) is 0 Å². The summed E-state index contributed by atoms with van der Waals surface area (Å²) in [6.07, 6.45) is 19.6. The van der Waals surface area contributed by atoms with E-state index in [2.05, 4.69) is 31.4 Å². The van der Waals surface area contributed by atoms with Crippen LogP contribution in [-0.4, -0.2) is 30.3 Å². The summed E-state index contributed by atoms with van der Waals surface area (Å²) in [5.41, 5.74) is 0. The van der Waals surface area contributed by atoms with Crippen LogP contribution in [0.1, 0.15) is 104 Å². The highest BCUT2D eigenvalue weighted by molar-refractivity contribution is 7.80. The van der Waals surface area contributed by atoms with Gasteiger partial charge in [0.05, 0.1) is 0 Å². The Kier molecular flexibility index (Phi) is 19.6. The maximum absolute atomic E-state index is 4.34. The van der Waals surface area contributed by atoms with Crippen LogP contribution < -0.4 is 0 Å². The summed E-state index contributed by atoms with van der Waals surface area (Å²) in [6, 6.07) is 0. The quantitative estimate of drug-likeness (QED) is 0.216. The fourth-order valence-electron chi connectivity index (χ4n) is 3.01. The van der Waals surface area contributed by atoms with Crippen molar-refractivity contribution in [1.82, 2.24) is 4.90 Å². The zero-order chi connectivity index (χ0) is 16.3. The number of thiol groups is 1. The molecular weight excluding hydrogens is 286 g/mol. The molecule has 0 N–H and O–H groups in total. The lowest BCUT2D eigenvalue weighted by Crippen LogP contribution is -2.27. The first-order chi connectivity index (χ1) is 10.8. The fourth-order valence-corrected chi connectivity index (χ4v) is 3.24. The van der Waals surface area contributed by atoms with Gasteiger partial charge in [-0.3, -0.25) is 0 Å². The third-order valence-electron chi connectivity index (χ3n) is 4.54. The molecule has 0 rings (SSSR count). The van der Waals surface area contributed by atoms with Crippen molar-refractivity contribution in [2.75, 3.05) is 25.4 Å². The Balaban J connectivity index is 3.65. The van der Waals surface area contributed by atoms with Crippen molar-refractivity contribution in [1.29, 1.82) is 0 Å². The van der Waals surface area contributed by atoms with Gasteiger partial charge >= 0.3 is 0 Å². The van der Waals surface area contributed by atoms with Crippen molar-refractivity contribution in [3.8, 4) is 0 Å². The van der Waals surface area contributed by atoms with Gasteiger partial charge < -0.3 is 4.90 Å². The van der Waals surface area contributed by atoms with E-state index in [1.54, 1.807) is 0 Å². The third-order valence-corrected chi connectivity index (χ3v) is 4.85. The highest BCUT2D eigenvalue weighted by Crippen LogP contribution is 2.09. The van der Waals surface area contributed by atoms with Crippen LogP contribution in [0.4, 0.5) is 0 Å². The molecule has 0 amide bonds. The molecule has 134 valence electrons. The summed E-state index contributed by atoms with van der Waals surface area (Å²) < 4.78 is 0. The van der Waals surface area contributed by atoms with Gasteiger partial charge in [0.15, 0.2) is 0 Å². The fraction of sp³-hybridized carbons (Fsp3) is 1.00. The topological polar surface area (TPSA) is 3.24 Å². The Morgan fingerprint density at radius 3 is 1.27 bits per heavy atom. The van der Waals surface area contributed by atoms with Crippen molar-refractivity contribution in [3.05, 3.63) is 0 Å². The lowest BCUT2D eigenvalue weighted by Gasteiger charge is -2.22. The van der Waals surface area contributed by atoms with Gasteiger partial charge in [0, 0.05) is 0 Å². The largest absolute Gasteiger partial charge is 0.303 e. The molecule has 1 nitrogen and oxygen atoms in total. The first kappa shape index (κ1) is 22.3. The van der Waals surface area contributed by atoms with Crippen LogP contribution in [0, 0.1) is 0 Å². The molecule has 0 aromatic carbocycles. The van der Waals surface area contributed by atoms with E-state index < -0.39 is 0 Å². The van der Waals surface area contributed by atoms with E-state index in [0.29, 0.717) is 0 Å². The summed E-state index contributed by atoms with van der Waals surface area (Å²) in [4.78, 5) is 2.73. The molecule has 0 aromatic heterocycles. The number of hydrogen-bond donors (Lipinski definition) is 1. The molecule has 0 unspecified atom stereocenters. The van der Waals surface area contributed by atoms with Crippen molar-refractivity contribution in [2.45, 2.75) is 104 Å². The Morgan fingerprint density at radius 1 is 0.500 bits per heavy atom. The minimum atomic E-state index is 1.04. The number of nitrogens with zero attached hydrogens (tertiary/aromatic N) is 1.